The fraction of sp³-hybridized carbons (Fsp3) is 0.500. The van der Waals surface area contributed by atoms with E-state index in [1.54, 1.807) is 19.2 Å². The average Bonchev–Trinajstić information content (AvgIpc) is 2.39. The van der Waals surface area contributed by atoms with E-state index < -0.39 is 0 Å². The molecule has 1 heterocycles. The third-order valence-electron chi connectivity index (χ3n) is 3.61. The van der Waals surface area contributed by atoms with Crippen molar-refractivity contribution in [3.63, 3.8) is 0 Å². The summed E-state index contributed by atoms with van der Waals surface area (Å²) in [5.41, 5.74) is 0.910. The largest absolute Gasteiger partial charge is 0.379 e. The maximum Gasteiger partial charge on any atom is 0.147 e. The van der Waals surface area contributed by atoms with Crippen LogP contribution >= 0.6 is 0 Å². The zero-order valence-electron chi connectivity index (χ0n) is 10.7. The van der Waals surface area contributed by atoms with Crippen LogP contribution in [0.15, 0.2) is 18.2 Å². The van der Waals surface area contributed by atoms with Crippen LogP contribution in [0.3, 0.4) is 0 Å². The summed E-state index contributed by atoms with van der Waals surface area (Å²) in [6.07, 6.45) is 1.12. The van der Waals surface area contributed by atoms with Gasteiger partial charge in [-0.1, -0.05) is 6.92 Å². The molecule has 2 atom stereocenters. The second kappa shape index (κ2) is 5.36. The molecule has 2 rings (SSSR count). The zero-order chi connectivity index (χ0) is 13.1. The van der Waals surface area contributed by atoms with Crippen molar-refractivity contribution in [1.82, 2.24) is 0 Å². The molecule has 3 nitrogen and oxygen atoms in total. The van der Waals surface area contributed by atoms with Crippen molar-refractivity contribution in [2.45, 2.75) is 19.4 Å². The first-order valence-corrected chi connectivity index (χ1v) is 6.13. The van der Waals surface area contributed by atoms with Gasteiger partial charge in [0.05, 0.1) is 23.4 Å². The highest BCUT2D eigenvalue weighted by molar-refractivity contribution is 5.51. The number of rotatable bonds is 2. The molecule has 0 bridgehead atoms. The lowest BCUT2D eigenvalue weighted by Gasteiger charge is -2.37. The van der Waals surface area contributed by atoms with Gasteiger partial charge >= 0.3 is 0 Å². The Labute approximate surface area is 107 Å². The SMILES string of the molecule is COC1CN(c2ccc(C#N)cc2F)CCC1C. The van der Waals surface area contributed by atoms with E-state index >= 15 is 0 Å². The fourth-order valence-electron chi connectivity index (χ4n) is 2.39. The van der Waals surface area contributed by atoms with Gasteiger partial charge in [0.15, 0.2) is 0 Å². The molecule has 4 heteroatoms. The number of methoxy groups -OCH3 is 1. The van der Waals surface area contributed by atoms with Crippen LogP contribution in [-0.2, 0) is 4.74 Å². The van der Waals surface area contributed by atoms with E-state index in [9.17, 15) is 4.39 Å². The molecule has 1 fully saturated rings. The quantitative estimate of drug-likeness (QED) is 0.807. The molecule has 96 valence electrons. The Bertz CT molecular complexity index is 469. The smallest absolute Gasteiger partial charge is 0.147 e. The highest BCUT2D eigenvalue weighted by Gasteiger charge is 2.27. The van der Waals surface area contributed by atoms with E-state index in [1.165, 1.54) is 6.07 Å². The molecule has 0 aliphatic carbocycles. The second-order valence-electron chi connectivity index (χ2n) is 4.76. The van der Waals surface area contributed by atoms with Crippen LogP contribution in [0.2, 0.25) is 0 Å². The summed E-state index contributed by atoms with van der Waals surface area (Å²) in [6, 6.07) is 6.56. The van der Waals surface area contributed by atoms with E-state index in [4.69, 9.17) is 10.00 Å². The Kier molecular flexibility index (Phi) is 3.83. The van der Waals surface area contributed by atoms with Crippen molar-refractivity contribution in [3.05, 3.63) is 29.6 Å². The van der Waals surface area contributed by atoms with Gasteiger partial charge in [-0.2, -0.15) is 5.26 Å². The highest BCUT2D eigenvalue weighted by Crippen LogP contribution is 2.27. The lowest BCUT2D eigenvalue weighted by atomic mass is 9.95. The van der Waals surface area contributed by atoms with Crippen LogP contribution in [0.5, 0.6) is 0 Å². The minimum absolute atomic E-state index is 0.133. The van der Waals surface area contributed by atoms with Gasteiger partial charge < -0.3 is 9.64 Å². The second-order valence-corrected chi connectivity index (χ2v) is 4.76. The summed E-state index contributed by atoms with van der Waals surface area (Å²) in [7, 11) is 1.69. The molecule has 0 saturated carbocycles. The monoisotopic (exact) mass is 248 g/mol. The van der Waals surface area contributed by atoms with Crippen molar-refractivity contribution >= 4 is 5.69 Å². The van der Waals surface area contributed by atoms with Crippen LogP contribution in [0.4, 0.5) is 10.1 Å². The minimum Gasteiger partial charge on any atom is -0.379 e. The Morgan fingerprint density at radius 2 is 2.28 bits per heavy atom. The van der Waals surface area contributed by atoms with Gasteiger partial charge in [-0.25, -0.2) is 4.39 Å². The summed E-state index contributed by atoms with van der Waals surface area (Å²) in [5.74, 6) is 0.158. The molecular formula is C14H17FN2O. The molecule has 0 aromatic heterocycles. The van der Waals surface area contributed by atoms with Crippen LogP contribution in [-0.4, -0.2) is 26.3 Å². The van der Waals surface area contributed by atoms with Gasteiger partial charge in [0.25, 0.3) is 0 Å². The van der Waals surface area contributed by atoms with Crippen LogP contribution in [0.1, 0.15) is 18.9 Å². The summed E-state index contributed by atoms with van der Waals surface area (Å²) >= 11 is 0. The number of halogens is 1. The molecule has 1 aliphatic heterocycles. The lowest BCUT2D eigenvalue weighted by molar-refractivity contribution is 0.0497. The topological polar surface area (TPSA) is 36.3 Å². The number of nitrogens with zero attached hydrogens (tertiary/aromatic N) is 2. The molecule has 0 radical (unpaired) electrons. The summed E-state index contributed by atoms with van der Waals surface area (Å²) in [6.45, 7) is 3.67. The normalized spacial score (nSPS) is 23.8. The van der Waals surface area contributed by atoms with E-state index in [0.29, 0.717) is 23.7 Å². The Morgan fingerprint density at radius 3 is 2.89 bits per heavy atom. The number of hydrogen-bond donors (Lipinski definition) is 0. The van der Waals surface area contributed by atoms with E-state index in [0.717, 1.165) is 13.0 Å². The van der Waals surface area contributed by atoms with Crippen molar-refractivity contribution < 1.29 is 9.13 Å². The molecule has 1 aliphatic rings. The third-order valence-corrected chi connectivity index (χ3v) is 3.61. The minimum atomic E-state index is -0.335. The average molecular weight is 248 g/mol. The summed E-state index contributed by atoms with van der Waals surface area (Å²) in [5, 5.41) is 8.73. The molecule has 1 saturated heterocycles. The Balaban J connectivity index is 2.20. The Hall–Kier alpha value is -1.60. The lowest BCUT2D eigenvalue weighted by Crippen LogP contribution is -2.44. The van der Waals surface area contributed by atoms with Gasteiger partial charge in [0, 0.05) is 20.2 Å². The predicted octanol–water partition coefficient (Wildman–Crippen LogP) is 2.56. The molecule has 0 amide bonds. The first-order valence-electron chi connectivity index (χ1n) is 6.13. The molecular weight excluding hydrogens is 231 g/mol. The van der Waals surface area contributed by atoms with Crippen molar-refractivity contribution in [2.75, 3.05) is 25.1 Å². The summed E-state index contributed by atoms with van der Waals surface area (Å²) < 4.78 is 19.3. The number of hydrogen-bond acceptors (Lipinski definition) is 3. The predicted molar refractivity (Wildman–Crippen MR) is 67.9 cm³/mol. The van der Waals surface area contributed by atoms with Crippen molar-refractivity contribution in [1.29, 1.82) is 5.26 Å². The molecule has 18 heavy (non-hydrogen) atoms. The van der Waals surface area contributed by atoms with E-state index in [1.807, 2.05) is 11.0 Å². The number of ether oxygens (including phenoxy) is 1. The van der Waals surface area contributed by atoms with E-state index in [2.05, 4.69) is 6.92 Å². The maximum atomic E-state index is 13.9. The number of nitriles is 1. The third kappa shape index (κ3) is 2.46. The van der Waals surface area contributed by atoms with Crippen molar-refractivity contribution in [2.24, 2.45) is 5.92 Å². The zero-order valence-corrected chi connectivity index (χ0v) is 10.7. The van der Waals surface area contributed by atoms with Gasteiger partial charge in [-0.15, -0.1) is 0 Å². The number of anilines is 1. The molecule has 0 N–H and O–H groups in total. The number of piperidine rings is 1. The number of benzene rings is 1. The molecule has 0 spiro atoms. The standard InChI is InChI=1S/C14H17FN2O/c1-10-5-6-17(9-14(10)18-2)13-4-3-11(8-16)7-12(13)15/h3-4,7,10,14H,5-6,9H2,1-2H3. The highest BCUT2D eigenvalue weighted by atomic mass is 19.1. The van der Waals surface area contributed by atoms with Gasteiger partial charge in [-0.3, -0.25) is 0 Å². The fourth-order valence-corrected chi connectivity index (χ4v) is 2.39. The van der Waals surface area contributed by atoms with Crippen LogP contribution < -0.4 is 4.90 Å². The molecule has 2 unspecified atom stereocenters. The molecule has 1 aromatic rings. The maximum absolute atomic E-state index is 13.9. The van der Waals surface area contributed by atoms with Crippen LogP contribution in [0, 0.1) is 23.1 Å². The first-order chi connectivity index (χ1) is 8.65. The summed E-state index contributed by atoms with van der Waals surface area (Å²) in [4.78, 5) is 1.99. The molecule has 1 aromatic carbocycles. The van der Waals surface area contributed by atoms with Crippen molar-refractivity contribution in [3.8, 4) is 6.07 Å². The van der Waals surface area contributed by atoms with Gasteiger partial charge in [-0.05, 0) is 30.5 Å². The van der Waals surface area contributed by atoms with Gasteiger partial charge in [0.2, 0.25) is 0 Å². The van der Waals surface area contributed by atoms with Gasteiger partial charge in [0.1, 0.15) is 5.82 Å². The first kappa shape index (κ1) is 12.8. The van der Waals surface area contributed by atoms with Crippen LogP contribution in [0.25, 0.3) is 0 Å². The van der Waals surface area contributed by atoms with E-state index in [-0.39, 0.29) is 11.9 Å². The Morgan fingerprint density at radius 1 is 1.50 bits per heavy atom.